The van der Waals surface area contributed by atoms with Gasteiger partial charge in [0, 0.05) is 17.2 Å². The molecular formula is C16H14BrNO2. The monoisotopic (exact) mass is 331 g/mol. The van der Waals surface area contributed by atoms with E-state index >= 15 is 0 Å². The lowest BCUT2D eigenvalue weighted by molar-refractivity contribution is -0.117. The molecule has 0 aromatic heterocycles. The van der Waals surface area contributed by atoms with Crippen molar-refractivity contribution >= 4 is 27.5 Å². The molecule has 3 rings (SSSR count). The van der Waals surface area contributed by atoms with Gasteiger partial charge in [0.1, 0.15) is 6.10 Å². The number of likely N-dealkylation sites (N-methyl/N-ethyl adjacent to an activating group) is 1. The van der Waals surface area contributed by atoms with Crippen LogP contribution in [0.5, 0.6) is 0 Å². The molecule has 0 radical (unpaired) electrons. The number of hydrogen-bond acceptors (Lipinski definition) is 2. The van der Waals surface area contributed by atoms with E-state index in [0.717, 1.165) is 26.9 Å². The van der Waals surface area contributed by atoms with E-state index in [9.17, 15) is 9.90 Å². The summed E-state index contributed by atoms with van der Waals surface area (Å²) >= 11 is 3.45. The number of carbonyl (C=O) groups is 1. The minimum Gasteiger partial charge on any atom is -0.384 e. The van der Waals surface area contributed by atoms with Gasteiger partial charge < -0.3 is 10.0 Å². The molecule has 3 nitrogen and oxygen atoms in total. The largest absolute Gasteiger partial charge is 0.384 e. The number of anilines is 1. The second kappa shape index (κ2) is 5.04. The summed E-state index contributed by atoms with van der Waals surface area (Å²) in [5.41, 5.74) is 3.53. The summed E-state index contributed by atoms with van der Waals surface area (Å²) in [7, 11) is 1.78. The predicted octanol–water partition coefficient (Wildman–Crippen LogP) is 3.05. The van der Waals surface area contributed by atoms with Gasteiger partial charge in [0.05, 0.1) is 6.42 Å². The minimum absolute atomic E-state index is 0.0903. The van der Waals surface area contributed by atoms with Gasteiger partial charge in [-0.3, -0.25) is 4.79 Å². The van der Waals surface area contributed by atoms with Crippen LogP contribution in [0.25, 0.3) is 0 Å². The highest BCUT2D eigenvalue weighted by Crippen LogP contribution is 2.33. The van der Waals surface area contributed by atoms with Crippen LogP contribution in [0.2, 0.25) is 0 Å². The quantitative estimate of drug-likeness (QED) is 0.918. The summed E-state index contributed by atoms with van der Waals surface area (Å²) in [5.74, 6) is 0.0903. The lowest BCUT2D eigenvalue weighted by Gasteiger charge is -2.15. The first-order chi connectivity index (χ1) is 9.58. The molecule has 0 aliphatic carbocycles. The number of fused-ring (bicyclic) bond motifs is 1. The first-order valence-corrected chi connectivity index (χ1v) is 7.19. The Hall–Kier alpha value is -1.65. The molecule has 1 N–H and O–H groups in total. The zero-order chi connectivity index (χ0) is 14.3. The maximum absolute atomic E-state index is 11.7. The van der Waals surface area contributed by atoms with E-state index in [1.165, 1.54) is 0 Å². The Balaban J connectivity index is 1.99. The van der Waals surface area contributed by atoms with Crippen LogP contribution in [0.3, 0.4) is 0 Å². The number of nitrogens with zero attached hydrogens (tertiary/aromatic N) is 1. The van der Waals surface area contributed by atoms with E-state index in [-0.39, 0.29) is 5.91 Å². The average Bonchev–Trinajstić information content (AvgIpc) is 2.73. The predicted molar refractivity (Wildman–Crippen MR) is 81.8 cm³/mol. The van der Waals surface area contributed by atoms with Crippen LogP contribution in [0, 0.1) is 0 Å². The van der Waals surface area contributed by atoms with E-state index in [0.29, 0.717) is 6.42 Å². The van der Waals surface area contributed by atoms with Crippen molar-refractivity contribution in [1.29, 1.82) is 0 Å². The van der Waals surface area contributed by atoms with Gasteiger partial charge in [-0.25, -0.2) is 0 Å². The molecule has 2 aromatic rings. The van der Waals surface area contributed by atoms with E-state index in [1.807, 2.05) is 42.5 Å². The van der Waals surface area contributed by atoms with Crippen molar-refractivity contribution in [3.63, 3.8) is 0 Å². The van der Waals surface area contributed by atoms with Gasteiger partial charge in [-0.1, -0.05) is 46.3 Å². The molecule has 1 amide bonds. The number of aliphatic hydroxyl groups is 1. The van der Waals surface area contributed by atoms with Crippen molar-refractivity contribution in [1.82, 2.24) is 0 Å². The Morgan fingerprint density at radius 2 is 2.00 bits per heavy atom. The number of benzene rings is 2. The summed E-state index contributed by atoms with van der Waals surface area (Å²) in [6.07, 6.45) is -0.292. The van der Waals surface area contributed by atoms with Gasteiger partial charge >= 0.3 is 0 Å². The van der Waals surface area contributed by atoms with E-state index in [1.54, 1.807) is 11.9 Å². The second-order valence-corrected chi connectivity index (χ2v) is 5.80. The Labute approximate surface area is 126 Å². The average molecular weight is 332 g/mol. The topological polar surface area (TPSA) is 40.5 Å². The summed E-state index contributed by atoms with van der Waals surface area (Å²) < 4.78 is 0.876. The lowest BCUT2D eigenvalue weighted by atomic mass is 9.99. The van der Waals surface area contributed by atoms with Crippen LogP contribution in [0.4, 0.5) is 5.69 Å². The number of amides is 1. The summed E-state index contributed by atoms with van der Waals surface area (Å²) in [6, 6.07) is 13.3. The van der Waals surface area contributed by atoms with Crippen LogP contribution in [0.15, 0.2) is 46.9 Å². The molecule has 0 saturated carbocycles. The fourth-order valence-corrected chi connectivity index (χ4v) is 3.04. The molecule has 1 atom stereocenters. The molecule has 0 bridgehead atoms. The van der Waals surface area contributed by atoms with Crippen molar-refractivity contribution in [2.24, 2.45) is 0 Å². The van der Waals surface area contributed by atoms with Crippen molar-refractivity contribution in [2.75, 3.05) is 11.9 Å². The molecule has 0 spiro atoms. The molecule has 1 heterocycles. The zero-order valence-corrected chi connectivity index (χ0v) is 12.6. The summed E-state index contributed by atoms with van der Waals surface area (Å²) in [4.78, 5) is 13.3. The molecule has 20 heavy (non-hydrogen) atoms. The summed E-state index contributed by atoms with van der Waals surface area (Å²) in [5, 5.41) is 10.5. The van der Waals surface area contributed by atoms with E-state index in [2.05, 4.69) is 15.9 Å². The van der Waals surface area contributed by atoms with E-state index in [4.69, 9.17) is 0 Å². The molecule has 0 saturated heterocycles. The SMILES string of the molecule is CN1C(=O)Cc2cc(C(O)c3ccccc3Br)ccc21. The molecule has 1 aliphatic rings. The highest BCUT2D eigenvalue weighted by atomic mass is 79.9. The third-order valence-corrected chi connectivity index (χ3v) is 4.42. The Morgan fingerprint density at radius 1 is 1.25 bits per heavy atom. The first-order valence-electron chi connectivity index (χ1n) is 6.40. The zero-order valence-electron chi connectivity index (χ0n) is 11.0. The van der Waals surface area contributed by atoms with Crippen LogP contribution in [-0.4, -0.2) is 18.1 Å². The molecule has 0 fully saturated rings. The highest BCUT2D eigenvalue weighted by Gasteiger charge is 2.25. The van der Waals surface area contributed by atoms with Gasteiger partial charge in [-0.15, -0.1) is 0 Å². The van der Waals surface area contributed by atoms with Crippen LogP contribution in [-0.2, 0) is 11.2 Å². The maximum Gasteiger partial charge on any atom is 0.231 e. The fourth-order valence-electron chi connectivity index (χ4n) is 2.54. The highest BCUT2D eigenvalue weighted by molar-refractivity contribution is 9.10. The fraction of sp³-hybridized carbons (Fsp3) is 0.188. The van der Waals surface area contributed by atoms with Crippen molar-refractivity contribution in [3.05, 3.63) is 63.6 Å². The van der Waals surface area contributed by atoms with Crippen molar-refractivity contribution in [2.45, 2.75) is 12.5 Å². The standard InChI is InChI=1S/C16H14BrNO2/c1-18-14-7-6-10(8-11(14)9-15(18)19)16(20)12-4-2-3-5-13(12)17/h2-8,16,20H,9H2,1H3. The number of rotatable bonds is 2. The van der Waals surface area contributed by atoms with Crippen LogP contribution < -0.4 is 4.90 Å². The first kappa shape index (κ1) is 13.3. The van der Waals surface area contributed by atoms with Crippen molar-refractivity contribution in [3.8, 4) is 0 Å². The second-order valence-electron chi connectivity index (χ2n) is 4.94. The number of aliphatic hydroxyl groups excluding tert-OH is 1. The third kappa shape index (κ3) is 2.15. The molecule has 2 aromatic carbocycles. The van der Waals surface area contributed by atoms with Crippen LogP contribution in [0.1, 0.15) is 22.8 Å². The van der Waals surface area contributed by atoms with Gasteiger partial charge in [0.2, 0.25) is 5.91 Å². The van der Waals surface area contributed by atoms with Gasteiger partial charge in [0.15, 0.2) is 0 Å². The molecule has 1 aliphatic heterocycles. The number of halogens is 1. The smallest absolute Gasteiger partial charge is 0.231 e. The van der Waals surface area contributed by atoms with Gasteiger partial charge in [-0.2, -0.15) is 0 Å². The van der Waals surface area contributed by atoms with Gasteiger partial charge in [-0.05, 0) is 28.8 Å². The number of hydrogen-bond donors (Lipinski definition) is 1. The third-order valence-electron chi connectivity index (χ3n) is 3.70. The summed E-state index contributed by atoms with van der Waals surface area (Å²) in [6.45, 7) is 0. The minimum atomic E-state index is -0.697. The molecule has 102 valence electrons. The molecule has 4 heteroatoms. The normalized spacial score (nSPS) is 15.3. The van der Waals surface area contributed by atoms with E-state index < -0.39 is 6.10 Å². The molecule has 1 unspecified atom stereocenters. The van der Waals surface area contributed by atoms with Crippen LogP contribution >= 0.6 is 15.9 Å². The van der Waals surface area contributed by atoms with Crippen molar-refractivity contribution < 1.29 is 9.90 Å². The Kier molecular flexibility index (Phi) is 3.36. The maximum atomic E-state index is 11.7. The Bertz CT molecular complexity index is 684. The van der Waals surface area contributed by atoms with Gasteiger partial charge in [0.25, 0.3) is 0 Å². The lowest BCUT2D eigenvalue weighted by Crippen LogP contribution is -2.20. The Morgan fingerprint density at radius 3 is 2.75 bits per heavy atom. The number of carbonyl (C=O) groups excluding carboxylic acids is 1. The molecular weight excluding hydrogens is 318 g/mol.